The van der Waals surface area contributed by atoms with E-state index in [0.29, 0.717) is 28.9 Å². The zero-order valence-electron chi connectivity index (χ0n) is 16.4. The zero-order chi connectivity index (χ0) is 20.6. The van der Waals surface area contributed by atoms with Gasteiger partial charge in [0, 0.05) is 0 Å². The zero-order valence-corrected chi connectivity index (χ0v) is 16.4. The van der Waals surface area contributed by atoms with Crippen molar-refractivity contribution >= 4 is 23.2 Å². The molecule has 0 spiro atoms. The number of nitrogens with zero attached hydrogens (tertiary/aromatic N) is 2. The van der Waals surface area contributed by atoms with Gasteiger partial charge < -0.3 is 24.8 Å². The van der Waals surface area contributed by atoms with Gasteiger partial charge in [0.2, 0.25) is 5.91 Å². The van der Waals surface area contributed by atoms with Crippen LogP contribution >= 0.6 is 0 Å². The van der Waals surface area contributed by atoms with Crippen molar-refractivity contribution < 1.29 is 19.0 Å². The third-order valence-electron chi connectivity index (χ3n) is 4.11. The van der Waals surface area contributed by atoms with Crippen molar-refractivity contribution in [2.24, 2.45) is 0 Å². The van der Waals surface area contributed by atoms with Gasteiger partial charge in [-0.3, -0.25) is 4.79 Å². The van der Waals surface area contributed by atoms with Crippen LogP contribution in [-0.2, 0) is 11.2 Å². The minimum atomic E-state index is -0.211. The quantitative estimate of drug-likeness (QED) is 0.604. The highest BCUT2D eigenvalue weighted by molar-refractivity contribution is 5.91. The van der Waals surface area contributed by atoms with Crippen LogP contribution in [-0.4, -0.2) is 37.4 Å². The molecule has 0 aliphatic rings. The summed E-state index contributed by atoms with van der Waals surface area (Å²) in [5.41, 5.74) is 1.57. The average Bonchev–Trinajstić information content (AvgIpc) is 2.75. The van der Waals surface area contributed by atoms with Crippen LogP contribution in [0.3, 0.4) is 0 Å². The number of hydrogen-bond donors (Lipinski definition) is 2. The molecule has 1 heterocycles. The van der Waals surface area contributed by atoms with Gasteiger partial charge in [0.25, 0.3) is 0 Å². The van der Waals surface area contributed by atoms with Gasteiger partial charge in [-0.15, -0.1) is 10.2 Å². The number of carbonyl (C=O) groups is 1. The van der Waals surface area contributed by atoms with E-state index in [1.165, 1.54) is 0 Å². The monoisotopic (exact) mass is 394 g/mol. The Morgan fingerprint density at radius 2 is 1.52 bits per heavy atom. The molecule has 0 radical (unpaired) electrons. The minimum absolute atomic E-state index is 0.170. The van der Waals surface area contributed by atoms with Gasteiger partial charge in [-0.2, -0.15) is 0 Å². The van der Waals surface area contributed by atoms with E-state index in [1.54, 1.807) is 45.6 Å². The van der Waals surface area contributed by atoms with Crippen LogP contribution in [0.25, 0.3) is 0 Å². The van der Waals surface area contributed by atoms with E-state index < -0.39 is 0 Å². The summed E-state index contributed by atoms with van der Waals surface area (Å²) in [7, 11) is 4.72. The number of hydrogen-bond acceptors (Lipinski definition) is 7. The average molecular weight is 394 g/mol. The molecule has 0 unspecified atom stereocenters. The molecule has 3 rings (SSSR count). The molecule has 3 aromatic rings. The molecule has 29 heavy (non-hydrogen) atoms. The van der Waals surface area contributed by atoms with Crippen molar-refractivity contribution in [1.29, 1.82) is 0 Å². The van der Waals surface area contributed by atoms with Crippen LogP contribution in [0.4, 0.5) is 17.3 Å². The first kappa shape index (κ1) is 19.9. The van der Waals surface area contributed by atoms with Crippen molar-refractivity contribution in [2.75, 3.05) is 32.0 Å². The molecule has 0 aliphatic heterocycles. The third kappa shape index (κ3) is 5.13. The molecule has 8 heteroatoms. The summed E-state index contributed by atoms with van der Waals surface area (Å²) in [4.78, 5) is 12.3. The molecule has 0 saturated carbocycles. The predicted molar refractivity (Wildman–Crippen MR) is 110 cm³/mol. The Morgan fingerprint density at radius 3 is 2.21 bits per heavy atom. The number of methoxy groups -OCH3 is 3. The second kappa shape index (κ2) is 9.41. The third-order valence-corrected chi connectivity index (χ3v) is 4.11. The van der Waals surface area contributed by atoms with E-state index in [-0.39, 0.29) is 12.3 Å². The molecule has 0 aliphatic carbocycles. The van der Waals surface area contributed by atoms with Gasteiger partial charge >= 0.3 is 0 Å². The number of benzene rings is 2. The molecular weight excluding hydrogens is 372 g/mol. The van der Waals surface area contributed by atoms with E-state index in [2.05, 4.69) is 20.8 Å². The number of amides is 1. The highest BCUT2D eigenvalue weighted by Gasteiger charge is 2.10. The Labute approximate surface area is 168 Å². The largest absolute Gasteiger partial charge is 0.495 e. The molecule has 8 nitrogen and oxygen atoms in total. The topological polar surface area (TPSA) is 94.6 Å². The van der Waals surface area contributed by atoms with Gasteiger partial charge in [-0.05, 0) is 42.0 Å². The minimum Gasteiger partial charge on any atom is -0.495 e. The van der Waals surface area contributed by atoms with Crippen molar-refractivity contribution in [3.05, 3.63) is 60.2 Å². The molecule has 0 bridgehead atoms. The van der Waals surface area contributed by atoms with Crippen molar-refractivity contribution in [1.82, 2.24) is 10.2 Å². The van der Waals surface area contributed by atoms with E-state index in [0.717, 1.165) is 11.3 Å². The smallest absolute Gasteiger partial charge is 0.229 e. The van der Waals surface area contributed by atoms with Crippen LogP contribution in [0.2, 0.25) is 0 Å². The van der Waals surface area contributed by atoms with Crippen molar-refractivity contribution in [2.45, 2.75) is 6.42 Å². The lowest BCUT2D eigenvalue weighted by Gasteiger charge is -2.11. The summed E-state index contributed by atoms with van der Waals surface area (Å²) in [6.45, 7) is 0. The van der Waals surface area contributed by atoms with Gasteiger partial charge in [-0.1, -0.05) is 18.2 Å². The van der Waals surface area contributed by atoms with E-state index in [9.17, 15) is 4.79 Å². The predicted octanol–water partition coefficient (Wildman–Crippen LogP) is 3.43. The van der Waals surface area contributed by atoms with Crippen LogP contribution in [0, 0.1) is 0 Å². The fourth-order valence-corrected chi connectivity index (χ4v) is 2.71. The SMILES string of the molecule is COc1ccccc1Nc1ccc(NC(=O)Cc2ccc(OC)c(OC)c2)nn1. The maximum Gasteiger partial charge on any atom is 0.229 e. The Kier molecular flexibility index (Phi) is 6.47. The summed E-state index contributed by atoms with van der Waals surface area (Å²) in [5.74, 6) is 2.57. The second-order valence-electron chi connectivity index (χ2n) is 6.04. The standard InChI is InChI=1S/C21H22N4O4/c1-27-16-7-5-4-6-15(16)22-19-10-11-20(25-24-19)23-21(26)13-14-8-9-17(28-2)18(12-14)29-3/h4-12H,13H2,1-3H3,(H,22,24)(H,23,25,26). The molecule has 1 aromatic heterocycles. The van der Waals surface area contributed by atoms with Gasteiger partial charge in [0.15, 0.2) is 23.1 Å². The van der Waals surface area contributed by atoms with E-state index in [1.807, 2.05) is 30.3 Å². The lowest BCUT2D eigenvalue weighted by atomic mass is 10.1. The maximum atomic E-state index is 12.3. The Bertz CT molecular complexity index is 977. The highest BCUT2D eigenvalue weighted by atomic mass is 16.5. The number of nitrogens with one attached hydrogen (secondary N) is 2. The number of ether oxygens (including phenoxy) is 3. The van der Waals surface area contributed by atoms with Crippen LogP contribution in [0.1, 0.15) is 5.56 Å². The number of carbonyl (C=O) groups excluding carboxylic acids is 1. The van der Waals surface area contributed by atoms with Gasteiger partial charge in [0.1, 0.15) is 5.75 Å². The van der Waals surface area contributed by atoms with Crippen LogP contribution < -0.4 is 24.8 Å². The fourth-order valence-electron chi connectivity index (χ4n) is 2.71. The lowest BCUT2D eigenvalue weighted by molar-refractivity contribution is -0.115. The molecular formula is C21H22N4O4. The first-order chi connectivity index (χ1) is 14.1. The Hall–Kier alpha value is -3.81. The Morgan fingerprint density at radius 1 is 0.828 bits per heavy atom. The summed E-state index contributed by atoms with van der Waals surface area (Å²) in [6.07, 6.45) is 0.170. The summed E-state index contributed by atoms with van der Waals surface area (Å²) >= 11 is 0. The molecule has 2 N–H and O–H groups in total. The molecule has 0 atom stereocenters. The first-order valence-corrected chi connectivity index (χ1v) is 8.87. The van der Waals surface area contributed by atoms with Crippen LogP contribution in [0.5, 0.6) is 17.2 Å². The normalized spacial score (nSPS) is 10.2. The maximum absolute atomic E-state index is 12.3. The highest BCUT2D eigenvalue weighted by Crippen LogP contribution is 2.28. The molecule has 150 valence electrons. The number of rotatable bonds is 8. The second-order valence-corrected chi connectivity index (χ2v) is 6.04. The lowest BCUT2D eigenvalue weighted by Crippen LogP contribution is -2.16. The molecule has 0 saturated heterocycles. The molecule has 1 amide bonds. The Balaban J connectivity index is 1.61. The van der Waals surface area contributed by atoms with Gasteiger partial charge in [0.05, 0.1) is 33.4 Å². The summed E-state index contributed by atoms with van der Waals surface area (Å²) in [5, 5.41) is 14.0. The first-order valence-electron chi connectivity index (χ1n) is 8.87. The fraction of sp³-hybridized carbons (Fsp3) is 0.190. The molecule has 0 fully saturated rings. The summed E-state index contributed by atoms with van der Waals surface area (Å²) in [6, 6.07) is 16.2. The van der Waals surface area contributed by atoms with Crippen LogP contribution in [0.15, 0.2) is 54.6 Å². The number of aromatic nitrogens is 2. The van der Waals surface area contributed by atoms with E-state index in [4.69, 9.17) is 14.2 Å². The van der Waals surface area contributed by atoms with E-state index >= 15 is 0 Å². The number of para-hydroxylation sites is 2. The van der Waals surface area contributed by atoms with Crippen molar-refractivity contribution in [3.8, 4) is 17.2 Å². The van der Waals surface area contributed by atoms with Gasteiger partial charge in [-0.25, -0.2) is 0 Å². The summed E-state index contributed by atoms with van der Waals surface area (Å²) < 4.78 is 15.8. The molecule has 2 aromatic carbocycles. The van der Waals surface area contributed by atoms with Crippen molar-refractivity contribution in [3.63, 3.8) is 0 Å². The number of anilines is 3.